The average Bonchev–Trinajstić information content (AvgIpc) is 3.49. The lowest BCUT2D eigenvalue weighted by Crippen LogP contribution is -2.37. The summed E-state index contributed by atoms with van der Waals surface area (Å²) in [4.78, 5) is 25.9. The number of nitrogens with one attached hydrogen (secondary N) is 1. The van der Waals surface area contributed by atoms with Crippen molar-refractivity contribution in [2.45, 2.75) is 50.2 Å². The molecule has 2 aromatic rings. The molecule has 12 heteroatoms. The van der Waals surface area contributed by atoms with Gasteiger partial charge in [0.2, 0.25) is 10.0 Å². The number of benzene rings is 1. The number of carboxylic acid groups (broad SMARTS) is 1. The zero-order valence-electron chi connectivity index (χ0n) is 19.2. The maximum atomic E-state index is 14.9. The van der Waals surface area contributed by atoms with Crippen molar-refractivity contribution in [2.24, 2.45) is 7.05 Å². The molecule has 3 rings (SSSR count). The van der Waals surface area contributed by atoms with Crippen LogP contribution in [-0.2, 0) is 22.5 Å². The van der Waals surface area contributed by atoms with Gasteiger partial charge in [-0.25, -0.2) is 22.5 Å². The van der Waals surface area contributed by atoms with E-state index in [1.54, 1.807) is 20.8 Å². The highest BCUT2D eigenvalue weighted by atomic mass is 127. The number of aromatic nitrogens is 1. The van der Waals surface area contributed by atoms with Gasteiger partial charge >= 0.3 is 6.09 Å². The summed E-state index contributed by atoms with van der Waals surface area (Å²) in [7, 11) is -2.80. The van der Waals surface area contributed by atoms with Crippen molar-refractivity contribution < 1.29 is 27.8 Å². The number of aliphatic hydroxyl groups excluding tert-OH is 1. The molecule has 1 saturated carbocycles. The number of nitrogens with zero attached hydrogens (tertiary/aromatic N) is 2. The van der Waals surface area contributed by atoms with Crippen molar-refractivity contribution in [3.05, 3.63) is 49.6 Å². The standard InChI is InChI=1S/C22H27FIN3O6S/c1-21(2,3)14-12-17(29)26(4)19(18(14)25-34(32,33)22(7-8-22)9-10-28)27(20(30)31)16-6-5-13(24)11-15(16)23/h5-6,11-12,25,28H,7-10H2,1-4H3,(H,30,31). The number of anilines is 3. The fourth-order valence-corrected chi connectivity index (χ4v) is 5.99. The third kappa shape index (κ3) is 4.80. The Hall–Kier alpha value is -2.19. The van der Waals surface area contributed by atoms with Gasteiger partial charge < -0.3 is 10.2 Å². The second kappa shape index (κ2) is 9.11. The fourth-order valence-electron chi connectivity index (χ4n) is 3.85. The highest BCUT2D eigenvalue weighted by Gasteiger charge is 2.54. The maximum Gasteiger partial charge on any atom is 0.417 e. The van der Waals surface area contributed by atoms with Gasteiger partial charge in [-0.1, -0.05) is 20.8 Å². The van der Waals surface area contributed by atoms with Crippen LogP contribution in [0.15, 0.2) is 29.1 Å². The van der Waals surface area contributed by atoms with Crippen LogP contribution in [0.5, 0.6) is 0 Å². The molecule has 1 fully saturated rings. The molecule has 1 aliphatic rings. The average molecular weight is 607 g/mol. The Bertz CT molecular complexity index is 1300. The normalized spacial score (nSPS) is 15.1. The van der Waals surface area contributed by atoms with E-state index in [0.29, 0.717) is 21.3 Å². The minimum Gasteiger partial charge on any atom is -0.464 e. The molecular formula is C22H27FIN3O6S. The molecular weight excluding hydrogens is 580 g/mol. The van der Waals surface area contributed by atoms with Crippen molar-refractivity contribution in [2.75, 3.05) is 16.2 Å². The highest BCUT2D eigenvalue weighted by molar-refractivity contribution is 14.1. The summed E-state index contributed by atoms with van der Waals surface area (Å²) in [5, 5.41) is 19.5. The predicted octanol–water partition coefficient (Wildman–Crippen LogP) is 3.90. The Morgan fingerprint density at radius 2 is 1.91 bits per heavy atom. The van der Waals surface area contributed by atoms with Crippen molar-refractivity contribution >= 4 is 55.9 Å². The van der Waals surface area contributed by atoms with Crippen LogP contribution >= 0.6 is 22.6 Å². The number of hydrogen-bond acceptors (Lipinski definition) is 5. The molecule has 0 atom stereocenters. The Labute approximate surface area is 210 Å². The molecule has 1 aromatic carbocycles. The molecule has 1 aliphatic carbocycles. The first-order chi connectivity index (χ1) is 15.6. The fraction of sp³-hybridized carbons (Fsp3) is 0.455. The van der Waals surface area contributed by atoms with Crippen LogP contribution in [0.3, 0.4) is 0 Å². The zero-order chi connectivity index (χ0) is 25.6. The summed E-state index contributed by atoms with van der Waals surface area (Å²) in [6.45, 7) is 4.92. The number of halogens is 2. The van der Waals surface area contributed by atoms with Crippen LogP contribution in [0.2, 0.25) is 0 Å². The van der Waals surface area contributed by atoms with Gasteiger partial charge in [-0.05, 0) is 71.0 Å². The molecule has 0 spiro atoms. The Kier molecular flexibility index (Phi) is 7.08. The number of carbonyl (C=O) groups is 1. The monoisotopic (exact) mass is 607 g/mol. The van der Waals surface area contributed by atoms with E-state index in [9.17, 15) is 32.6 Å². The smallest absolute Gasteiger partial charge is 0.417 e. The molecule has 0 radical (unpaired) electrons. The lowest BCUT2D eigenvalue weighted by molar-refractivity contribution is 0.204. The van der Waals surface area contributed by atoms with Crippen molar-refractivity contribution in [3.8, 4) is 0 Å². The third-order valence-electron chi connectivity index (χ3n) is 5.95. The second-order valence-corrected chi connectivity index (χ2v) is 12.7. The summed E-state index contributed by atoms with van der Waals surface area (Å²) >= 11 is 1.88. The summed E-state index contributed by atoms with van der Waals surface area (Å²) in [6, 6.07) is 5.15. The van der Waals surface area contributed by atoms with E-state index in [0.717, 1.165) is 10.6 Å². The first kappa shape index (κ1) is 26.4. The molecule has 1 aromatic heterocycles. The van der Waals surface area contributed by atoms with Gasteiger partial charge in [-0.15, -0.1) is 0 Å². The SMILES string of the molecule is Cn1c(N(C(=O)O)c2ccc(I)cc2F)c(NS(=O)(=O)C2(CCO)CC2)c(C(C)(C)C)cc1=O. The van der Waals surface area contributed by atoms with Gasteiger partial charge in [0.25, 0.3) is 5.56 Å². The predicted molar refractivity (Wildman–Crippen MR) is 136 cm³/mol. The largest absolute Gasteiger partial charge is 0.464 e. The number of rotatable bonds is 7. The van der Waals surface area contributed by atoms with Gasteiger partial charge in [0.05, 0.1) is 16.1 Å². The molecule has 0 aliphatic heterocycles. The zero-order valence-corrected chi connectivity index (χ0v) is 22.2. The number of hydrogen-bond donors (Lipinski definition) is 3. The summed E-state index contributed by atoms with van der Waals surface area (Å²) < 4.78 is 44.5. The number of amides is 1. The van der Waals surface area contributed by atoms with Crippen LogP contribution in [0.25, 0.3) is 0 Å². The maximum absolute atomic E-state index is 14.9. The van der Waals surface area contributed by atoms with Crippen LogP contribution in [-0.4, -0.2) is 40.6 Å². The summed E-state index contributed by atoms with van der Waals surface area (Å²) in [6.07, 6.45) is -0.909. The molecule has 186 valence electrons. The van der Waals surface area contributed by atoms with Gasteiger partial charge in [-0.2, -0.15) is 0 Å². The van der Waals surface area contributed by atoms with Gasteiger partial charge in [-0.3, -0.25) is 14.1 Å². The molecule has 1 heterocycles. The molecule has 1 amide bonds. The second-order valence-electron chi connectivity index (χ2n) is 9.38. The first-order valence-electron chi connectivity index (χ1n) is 10.5. The van der Waals surface area contributed by atoms with E-state index in [2.05, 4.69) is 4.72 Å². The van der Waals surface area contributed by atoms with E-state index in [4.69, 9.17) is 0 Å². The van der Waals surface area contributed by atoms with Crippen LogP contribution in [0.1, 0.15) is 45.6 Å². The quantitative estimate of drug-likeness (QED) is 0.410. The van der Waals surface area contributed by atoms with E-state index in [-0.39, 0.29) is 35.8 Å². The summed E-state index contributed by atoms with van der Waals surface area (Å²) in [5.41, 5.74) is -1.59. The number of aliphatic hydroxyl groups is 1. The molecule has 3 N–H and O–H groups in total. The minimum absolute atomic E-state index is 0.0165. The van der Waals surface area contributed by atoms with Crippen LogP contribution in [0, 0.1) is 9.39 Å². The molecule has 0 unspecified atom stereocenters. The van der Waals surface area contributed by atoms with E-state index in [1.807, 2.05) is 22.6 Å². The van der Waals surface area contributed by atoms with E-state index in [1.165, 1.54) is 25.2 Å². The lowest BCUT2D eigenvalue weighted by Gasteiger charge is -2.31. The van der Waals surface area contributed by atoms with Crippen molar-refractivity contribution in [1.29, 1.82) is 0 Å². The molecule has 34 heavy (non-hydrogen) atoms. The van der Waals surface area contributed by atoms with Gasteiger partial charge in [0, 0.05) is 23.3 Å². The molecule has 0 saturated heterocycles. The molecule has 9 nitrogen and oxygen atoms in total. The Morgan fingerprint density at radius 1 is 1.29 bits per heavy atom. The number of sulfonamides is 1. The Morgan fingerprint density at radius 3 is 2.38 bits per heavy atom. The highest BCUT2D eigenvalue weighted by Crippen LogP contribution is 2.48. The lowest BCUT2D eigenvalue weighted by atomic mass is 9.86. The third-order valence-corrected chi connectivity index (χ3v) is 8.85. The summed E-state index contributed by atoms with van der Waals surface area (Å²) in [5.74, 6) is -1.18. The number of pyridine rings is 1. The van der Waals surface area contributed by atoms with Crippen molar-refractivity contribution in [1.82, 2.24) is 4.57 Å². The Balaban J connectivity index is 2.37. The first-order valence-corrected chi connectivity index (χ1v) is 13.1. The van der Waals surface area contributed by atoms with E-state index >= 15 is 0 Å². The minimum atomic E-state index is -4.10. The van der Waals surface area contributed by atoms with Crippen molar-refractivity contribution in [3.63, 3.8) is 0 Å². The van der Waals surface area contributed by atoms with Gasteiger partial charge in [0.1, 0.15) is 5.82 Å². The topological polar surface area (TPSA) is 129 Å². The van der Waals surface area contributed by atoms with Crippen LogP contribution in [0.4, 0.5) is 26.4 Å². The van der Waals surface area contributed by atoms with Crippen LogP contribution < -0.4 is 15.2 Å². The van der Waals surface area contributed by atoms with Gasteiger partial charge in [0.15, 0.2) is 5.82 Å². The molecule has 0 bridgehead atoms. The van der Waals surface area contributed by atoms with E-state index < -0.39 is 37.7 Å².